The van der Waals surface area contributed by atoms with Gasteiger partial charge in [0.25, 0.3) is 11.6 Å². The Morgan fingerprint density at radius 2 is 1.93 bits per heavy atom. The van der Waals surface area contributed by atoms with E-state index in [1.54, 1.807) is 6.21 Å². The number of amides is 1. The predicted molar refractivity (Wildman–Crippen MR) is 115 cm³/mol. The van der Waals surface area contributed by atoms with Gasteiger partial charge in [-0.1, -0.05) is 46.9 Å². The number of non-ortho nitro benzene ring substituents is 1. The number of aliphatic imine (C=N–C) groups is 1. The topological polar surface area (TPSA) is 139 Å². The van der Waals surface area contributed by atoms with Gasteiger partial charge in [-0.15, -0.1) is 0 Å². The van der Waals surface area contributed by atoms with E-state index in [1.807, 2.05) is 24.3 Å². The maximum absolute atomic E-state index is 11.9. The summed E-state index contributed by atoms with van der Waals surface area (Å²) in [5.41, 5.74) is 8.12. The lowest BCUT2D eigenvalue weighted by Crippen LogP contribution is -2.12. The van der Waals surface area contributed by atoms with Gasteiger partial charge in [-0.25, -0.2) is 4.99 Å². The van der Waals surface area contributed by atoms with Crippen molar-refractivity contribution in [2.75, 3.05) is 5.32 Å². The number of nitro groups is 1. The number of hydrogen-bond donors (Lipinski definition) is 3. The summed E-state index contributed by atoms with van der Waals surface area (Å²) in [5.74, 6) is -0.297. The lowest BCUT2D eigenvalue weighted by Gasteiger charge is -2.04. The molecule has 1 amide bonds. The number of nitrogens with two attached hydrogens (primary N) is 1. The van der Waals surface area contributed by atoms with E-state index in [2.05, 4.69) is 43.1 Å². The molecule has 4 N–H and O–H groups in total. The second kappa shape index (κ2) is 8.61. The van der Waals surface area contributed by atoms with Crippen molar-refractivity contribution in [2.45, 2.75) is 4.43 Å². The van der Waals surface area contributed by atoms with Crippen LogP contribution in [0, 0.1) is 10.1 Å². The number of hydrogen-bond acceptors (Lipinski definition) is 6. The van der Waals surface area contributed by atoms with Crippen molar-refractivity contribution in [2.24, 2.45) is 10.7 Å². The fraction of sp³-hybridized carbons (Fsp3) is 0.0556. The maximum Gasteiger partial charge on any atom is 0.269 e. The smallest absolute Gasteiger partial charge is 0.269 e. The summed E-state index contributed by atoms with van der Waals surface area (Å²) in [7, 11) is 0. The molecule has 3 rings (SSSR count). The minimum atomic E-state index is -0.703. The SMILES string of the molecule is NC(=O)c1c(Nc2ccc([N+](=O)[O-])cc2)n[nH]c1/N=C/c1ccc(CI)cc1. The number of carbonyl (C=O) groups is 1. The number of primary amides is 1. The fourth-order valence-corrected chi connectivity index (χ4v) is 2.89. The van der Waals surface area contributed by atoms with E-state index < -0.39 is 10.8 Å². The largest absolute Gasteiger partial charge is 0.365 e. The number of anilines is 2. The van der Waals surface area contributed by atoms with Crippen molar-refractivity contribution in [3.8, 4) is 0 Å². The Morgan fingerprint density at radius 1 is 1.25 bits per heavy atom. The zero-order valence-electron chi connectivity index (χ0n) is 14.4. The second-order valence-corrected chi connectivity index (χ2v) is 6.49. The first-order chi connectivity index (χ1) is 13.5. The fourth-order valence-electron chi connectivity index (χ4n) is 2.39. The summed E-state index contributed by atoms with van der Waals surface area (Å²) in [6.45, 7) is 0. The number of nitrogens with zero attached hydrogens (tertiary/aromatic N) is 3. The first kappa shape index (κ1) is 19.5. The van der Waals surface area contributed by atoms with Gasteiger partial charge in [0.1, 0.15) is 5.56 Å². The molecule has 10 heteroatoms. The molecule has 0 unspecified atom stereocenters. The van der Waals surface area contributed by atoms with E-state index in [0.717, 1.165) is 9.99 Å². The quantitative estimate of drug-likeness (QED) is 0.152. The molecule has 3 aromatic rings. The van der Waals surface area contributed by atoms with Gasteiger partial charge in [0.05, 0.1) is 4.92 Å². The van der Waals surface area contributed by atoms with Gasteiger partial charge in [-0.3, -0.25) is 20.0 Å². The normalized spacial score (nSPS) is 10.9. The van der Waals surface area contributed by atoms with Crippen LogP contribution in [0.3, 0.4) is 0 Å². The van der Waals surface area contributed by atoms with Crippen molar-refractivity contribution in [1.82, 2.24) is 10.2 Å². The highest BCUT2D eigenvalue weighted by Gasteiger charge is 2.18. The third-order valence-corrected chi connectivity index (χ3v) is 4.69. The summed E-state index contributed by atoms with van der Waals surface area (Å²) < 4.78 is 0.916. The Hall–Kier alpha value is -3.28. The second-order valence-electron chi connectivity index (χ2n) is 5.72. The van der Waals surface area contributed by atoms with Crippen LogP contribution in [0.2, 0.25) is 0 Å². The van der Waals surface area contributed by atoms with E-state index in [0.29, 0.717) is 5.69 Å². The average Bonchev–Trinajstić information content (AvgIpc) is 3.10. The Kier molecular flexibility index (Phi) is 5.99. The van der Waals surface area contributed by atoms with Crippen LogP contribution in [-0.2, 0) is 4.43 Å². The minimum Gasteiger partial charge on any atom is -0.365 e. The highest BCUT2D eigenvalue weighted by Crippen LogP contribution is 2.27. The maximum atomic E-state index is 11.9. The summed E-state index contributed by atoms with van der Waals surface area (Å²) in [6.07, 6.45) is 1.60. The van der Waals surface area contributed by atoms with E-state index >= 15 is 0 Å². The Labute approximate surface area is 173 Å². The number of carbonyl (C=O) groups excluding carboxylic acids is 1. The van der Waals surface area contributed by atoms with Gasteiger partial charge in [-0.05, 0) is 23.3 Å². The van der Waals surface area contributed by atoms with E-state index in [1.165, 1.54) is 29.8 Å². The summed E-state index contributed by atoms with van der Waals surface area (Å²) in [4.78, 5) is 26.4. The number of benzene rings is 2. The van der Waals surface area contributed by atoms with Crippen LogP contribution >= 0.6 is 22.6 Å². The third-order valence-electron chi connectivity index (χ3n) is 3.81. The monoisotopic (exact) mass is 490 g/mol. The molecule has 28 heavy (non-hydrogen) atoms. The van der Waals surface area contributed by atoms with Crippen LogP contribution in [0.4, 0.5) is 23.0 Å². The van der Waals surface area contributed by atoms with Crippen LogP contribution in [0.5, 0.6) is 0 Å². The molecule has 1 heterocycles. The van der Waals surface area contributed by atoms with Crippen molar-refractivity contribution < 1.29 is 9.72 Å². The molecule has 0 aliphatic heterocycles. The predicted octanol–water partition coefficient (Wildman–Crippen LogP) is 3.85. The molecule has 9 nitrogen and oxygen atoms in total. The number of halogens is 1. The first-order valence-electron chi connectivity index (χ1n) is 8.06. The molecule has 142 valence electrons. The van der Waals surface area contributed by atoms with Gasteiger partial charge in [0.2, 0.25) is 0 Å². The van der Waals surface area contributed by atoms with Crippen molar-refractivity contribution in [3.63, 3.8) is 0 Å². The molecule has 0 spiro atoms. The average molecular weight is 490 g/mol. The van der Waals surface area contributed by atoms with Crippen LogP contribution in [0.15, 0.2) is 53.5 Å². The lowest BCUT2D eigenvalue weighted by atomic mass is 10.2. The molecule has 0 saturated heterocycles. The molecule has 1 aromatic heterocycles. The number of aromatic amines is 1. The molecule has 0 saturated carbocycles. The molecular weight excluding hydrogens is 475 g/mol. The van der Waals surface area contributed by atoms with E-state index in [4.69, 9.17) is 5.73 Å². The highest BCUT2D eigenvalue weighted by atomic mass is 127. The molecule has 0 fully saturated rings. The van der Waals surface area contributed by atoms with Gasteiger partial charge < -0.3 is 11.1 Å². The highest BCUT2D eigenvalue weighted by molar-refractivity contribution is 14.1. The molecule has 0 bridgehead atoms. The van der Waals surface area contributed by atoms with Gasteiger partial charge in [-0.2, -0.15) is 5.10 Å². The van der Waals surface area contributed by atoms with Crippen LogP contribution in [0.1, 0.15) is 21.5 Å². The van der Waals surface area contributed by atoms with Crippen molar-refractivity contribution in [1.29, 1.82) is 0 Å². The minimum absolute atomic E-state index is 0.0402. The number of aromatic nitrogens is 2. The van der Waals surface area contributed by atoms with Gasteiger partial charge in [0.15, 0.2) is 11.6 Å². The Balaban J connectivity index is 1.83. The summed E-state index contributed by atoms with van der Waals surface area (Å²) in [6, 6.07) is 13.6. The van der Waals surface area contributed by atoms with E-state index in [9.17, 15) is 14.9 Å². The number of alkyl halides is 1. The molecule has 0 radical (unpaired) electrons. The molecule has 0 aliphatic carbocycles. The number of nitrogens with one attached hydrogen (secondary N) is 2. The molecule has 2 aromatic carbocycles. The zero-order valence-corrected chi connectivity index (χ0v) is 16.6. The standard InChI is InChI=1S/C18H15IN6O3/c19-9-11-1-3-12(4-2-11)10-21-17-15(16(20)26)18(24-23-17)22-13-5-7-14(8-6-13)25(27)28/h1-8,10H,9H2,(H2,20,26)(H2,22,23,24)/b21-10+. The molecule has 0 atom stereocenters. The van der Waals surface area contributed by atoms with E-state index in [-0.39, 0.29) is 22.9 Å². The Bertz CT molecular complexity index is 1030. The lowest BCUT2D eigenvalue weighted by molar-refractivity contribution is -0.384. The number of nitro benzene ring substituents is 1. The van der Waals surface area contributed by atoms with Crippen molar-refractivity contribution in [3.05, 3.63) is 75.3 Å². The number of H-pyrrole nitrogens is 1. The molecular formula is C18H15IN6O3. The molecule has 0 aliphatic rings. The van der Waals surface area contributed by atoms with Crippen LogP contribution < -0.4 is 11.1 Å². The van der Waals surface area contributed by atoms with Gasteiger partial charge in [0, 0.05) is 28.5 Å². The van der Waals surface area contributed by atoms with Gasteiger partial charge >= 0.3 is 0 Å². The zero-order chi connectivity index (χ0) is 20.1. The van der Waals surface area contributed by atoms with Crippen LogP contribution in [0.25, 0.3) is 0 Å². The Morgan fingerprint density at radius 3 is 2.50 bits per heavy atom. The number of rotatable bonds is 7. The first-order valence-corrected chi connectivity index (χ1v) is 9.59. The van der Waals surface area contributed by atoms with Crippen LogP contribution in [-0.4, -0.2) is 27.2 Å². The summed E-state index contributed by atoms with van der Waals surface area (Å²) in [5, 5.41) is 20.4. The summed E-state index contributed by atoms with van der Waals surface area (Å²) >= 11 is 2.29. The van der Waals surface area contributed by atoms with Crippen molar-refractivity contribution >= 4 is 57.7 Å². The third kappa shape index (κ3) is 4.52.